The molecule has 5 nitrogen and oxygen atoms in total. The van der Waals surface area contributed by atoms with E-state index in [0.29, 0.717) is 25.8 Å². The Bertz CT molecular complexity index is 205. The Balaban J connectivity index is -0.00000128. The average molecular weight is 250 g/mol. The maximum Gasteiger partial charge on any atom is 0.246 e. The highest BCUT2D eigenvalue weighted by Gasteiger charge is 2.01. The summed E-state index contributed by atoms with van der Waals surface area (Å²) in [6.45, 7) is 10.6. The zero-order valence-electron chi connectivity index (χ0n) is 11.4. The largest absolute Gasteiger partial charge is 0.377 e. The average Bonchev–Trinajstić information content (AvgIpc) is 2.23. The lowest BCUT2D eigenvalue weighted by Crippen LogP contribution is -2.33. The van der Waals surface area contributed by atoms with E-state index in [1.165, 1.54) is 0 Å². The third kappa shape index (κ3) is 13.3. The number of nitrogens with one attached hydrogen (secondary N) is 2. The molecule has 0 aliphatic rings. The Morgan fingerprint density at radius 2 is 1.88 bits per heavy atom. The van der Waals surface area contributed by atoms with Crippen molar-refractivity contribution in [3.8, 4) is 0 Å². The summed E-state index contributed by atoms with van der Waals surface area (Å²) in [5.74, 6) is -0.0955. The molecule has 0 heterocycles. The van der Waals surface area contributed by atoms with Crippen LogP contribution in [0, 0.1) is 0 Å². The van der Waals surface area contributed by atoms with E-state index < -0.39 is 0 Å². The fourth-order valence-corrected chi connectivity index (χ4v) is 1.12. The van der Waals surface area contributed by atoms with Crippen LogP contribution < -0.4 is 10.6 Å². The number of hydrogen-bond acceptors (Lipinski definition) is 4. The minimum absolute atomic E-state index is 0. The molecule has 0 aliphatic heterocycles. The summed E-state index contributed by atoms with van der Waals surface area (Å²) in [5.41, 5.74) is 0. The van der Waals surface area contributed by atoms with Crippen LogP contribution in [0.3, 0.4) is 0 Å². The zero-order valence-corrected chi connectivity index (χ0v) is 11.4. The SMILES string of the molecule is CC(C)NCCOCC(=O)NCCOC(C)C.[HH].[HH]. The molecular weight excluding hydrogens is 220 g/mol. The van der Waals surface area contributed by atoms with Gasteiger partial charge in [0.05, 0.1) is 19.3 Å². The summed E-state index contributed by atoms with van der Waals surface area (Å²) in [6.07, 6.45) is 0.199. The van der Waals surface area contributed by atoms with Crippen molar-refractivity contribution in [3.05, 3.63) is 0 Å². The van der Waals surface area contributed by atoms with Crippen molar-refractivity contribution >= 4 is 5.91 Å². The molecule has 0 unspecified atom stereocenters. The minimum Gasteiger partial charge on any atom is -0.377 e. The third-order valence-corrected chi connectivity index (χ3v) is 1.91. The van der Waals surface area contributed by atoms with Crippen molar-refractivity contribution in [2.45, 2.75) is 39.8 Å². The van der Waals surface area contributed by atoms with Crippen molar-refractivity contribution in [2.24, 2.45) is 0 Å². The zero-order chi connectivity index (χ0) is 13.1. The number of rotatable bonds is 10. The van der Waals surface area contributed by atoms with Gasteiger partial charge in [0.2, 0.25) is 5.91 Å². The Morgan fingerprint density at radius 1 is 1.18 bits per heavy atom. The molecule has 0 aromatic carbocycles. The molecule has 0 aromatic heterocycles. The first-order valence-electron chi connectivity index (χ1n) is 6.21. The van der Waals surface area contributed by atoms with E-state index in [1.54, 1.807) is 0 Å². The molecule has 2 N–H and O–H groups in total. The normalized spacial score (nSPS) is 11.2. The molecule has 0 atom stereocenters. The van der Waals surface area contributed by atoms with E-state index in [1.807, 2.05) is 13.8 Å². The van der Waals surface area contributed by atoms with Crippen LogP contribution in [0.25, 0.3) is 0 Å². The first-order valence-corrected chi connectivity index (χ1v) is 6.21. The molecule has 0 aromatic rings. The van der Waals surface area contributed by atoms with Crippen LogP contribution in [0.1, 0.15) is 30.5 Å². The standard InChI is InChI=1S/C12H26N2O3.2H2/c1-10(2)13-5-7-16-9-12(15)14-6-8-17-11(3)4;;/h10-11,13H,5-9H2,1-4H3,(H,14,15);2*1H. The monoisotopic (exact) mass is 250 g/mol. The van der Waals surface area contributed by atoms with Crippen molar-refractivity contribution in [3.63, 3.8) is 0 Å². The first kappa shape index (κ1) is 16.4. The van der Waals surface area contributed by atoms with Gasteiger partial charge < -0.3 is 20.1 Å². The van der Waals surface area contributed by atoms with Gasteiger partial charge in [-0.2, -0.15) is 0 Å². The predicted molar refractivity (Wildman–Crippen MR) is 72.3 cm³/mol. The molecule has 0 radical (unpaired) electrons. The number of hydrogen-bond donors (Lipinski definition) is 2. The summed E-state index contributed by atoms with van der Waals surface area (Å²) >= 11 is 0. The van der Waals surface area contributed by atoms with Crippen molar-refractivity contribution in [1.29, 1.82) is 0 Å². The molecule has 5 heteroatoms. The quantitative estimate of drug-likeness (QED) is 0.569. The maximum atomic E-state index is 11.3. The van der Waals surface area contributed by atoms with E-state index >= 15 is 0 Å². The molecule has 0 rings (SSSR count). The highest BCUT2D eigenvalue weighted by molar-refractivity contribution is 5.77. The van der Waals surface area contributed by atoms with Gasteiger partial charge in [-0.1, -0.05) is 13.8 Å². The molecule has 0 saturated heterocycles. The van der Waals surface area contributed by atoms with Crippen molar-refractivity contribution in [2.75, 3.05) is 32.9 Å². The van der Waals surface area contributed by atoms with Crippen LogP contribution in [-0.2, 0) is 14.3 Å². The summed E-state index contributed by atoms with van der Waals surface area (Å²) in [6, 6.07) is 0.445. The first-order chi connectivity index (χ1) is 8.02. The number of carbonyl (C=O) groups is 1. The molecule has 0 aliphatic carbocycles. The molecule has 0 spiro atoms. The fourth-order valence-electron chi connectivity index (χ4n) is 1.12. The number of carbonyl (C=O) groups excluding carboxylic acids is 1. The van der Waals surface area contributed by atoms with Gasteiger partial charge in [-0.05, 0) is 13.8 Å². The molecule has 0 fully saturated rings. The van der Waals surface area contributed by atoms with Gasteiger partial charge in [0.25, 0.3) is 0 Å². The molecule has 0 bridgehead atoms. The van der Waals surface area contributed by atoms with Crippen molar-refractivity contribution in [1.82, 2.24) is 10.6 Å². The predicted octanol–water partition coefficient (Wildman–Crippen LogP) is 1.03. The van der Waals surface area contributed by atoms with E-state index in [2.05, 4.69) is 24.5 Å². The van der Waals surface area contributed by atoms with Crippen LogP contribution in [0.5, 0.6) is 0 Å². The van der Waals surface area contributed by atoms with E-state index in [-0.39, 0.29) is 21.5 Å². The topological polar surface area (TPSA) is 59.6 Å². The molecule has 106 valence electrons. The summed E-state index contributed by atoms with van der Waals surface area (Å²) in [4.78, 5) is 11.3. The van der Waals surface area contributed by atoms with Gasteiger partial charge in [0.1, 0.15) is 6.61 Å². The Hall–Kier alpha value is -0.650. The van der Waals surface area contributed by atoms with E-state index in [9.17, 15) is 4.79 Å². The van der Waals surface area contributed by atoms with Crippen molar-refractivity contribution < 1.29 is 17.1 Å². The molecule has 17 heavy (non-hydrogen) atoms. The Kier molecular flexibility index (Phi) is 10.1. The lowest BCUT2D eigenvalue weighted by Gasteiger charge is -2.10. The van der Waals surface area contributed by atoms with Crippen LogP contribution in [-0.4, -0.2) is 51.0 Å². The Morgan fingerprint density at radius 3 is 2.47 bits per heavy atom. The third-order valence-electron chi connectivity index (χ3n) is 1.91. The number of ether oxygens (including phenoxy) is 2. The van der Waals surface area contributed by atoms with E-state index in [0.717, 1.165) is 6.54 Å². The second-order valence-corrected chi connectivity index (χ2v) is 4.43. The van der Waals surface area contributed by atoms with Gasteiger partial charge in [0.15, 0.2) is 0 Å². The van der Waals surface area contributed by atoms with Gasteiger partial charge >= 0.3 is 0 Å². The summed E-state index contributed by atoms with van der Waals surface area (Å²) in [5, 5.41) is 5.94. The highest BCUT2D eigenvalue weighted by Crippen LogP contribution is 1.85. The van der Waals surface area contributed by atoms with Crippen LogP contribution in [0.4, 0.5) is 0 Å². The lowest BCUT2D eigenvalue weighted by atomic mass is 10.4. The van der Waals surface area contributed by atoms with Gasteiger partial charge in [-0.3, -0.25) is 4.79 Å². The van der Waals surface area contributed by atoms with Gasteiger partial charge in [-0.15, -0.1) is 0 Å². The lowest BCUT2D eigenvalue weighted by molar-refractivity contribution is -0.125. The van der Waals surface area contributed by atoms with E-state index in [4.69, 9.17) is 9.47 Å². The molecule has 1 amide bonds. The van der Waals surface area contributed by atoms with Crippen LogP contribution in [0.2, 0.25) is 0 Å². The molecular formula is C12H30N2O3. The minimum atomic E-state index is -0.0955. The number of amides is 1. The smallest absolute Gasteiger partial charge is 0.246 e. The summed E-state index contributed by atoms with van der Waals surface area (Å²) < 4.78 is 10.5. The maximum absolute atomic E-state index is 11.3. The summed E-state index contributed by atoms with van der Waals surface area (Å²) in [7, 11) is 0. The van der Waals surface area contributed by atoms with Gasteiger partial charge in [-0.25, -0.2) is 0 Å². The second-order valence-electron chi connectivity index (χ2n) is 4.43. The highest BCUT2D eigenvalue weighted by atomic mass is 16.5. The Labute approximate surface area is 107 Å². The van der Waals surface area contributed by atoms with Crippen LogP contribution in [0.15, 0.2) is 0 Å². The van der Waals surface area contributed by atoms with Crippen LogP contribution >= 0.6 is 0 Å². The van der Waals surface area contributed by atoms with Gasteiger partial charge in [0, 0.05) is 22.0 Å². The fraction of sp³-hybridized carbons (Fsp3) is 0.917. The second kappa shape index (κ2) is 10.5. The molecule has 0 saturated carbocycles.